The van der Waals surface area contributed by atoms with Crippen LogP contribution in [0.5, 0.6) is 0 Å². The quantitative estimate of drug-likeness (QED) is 0.521. The number of ether oxygens (including phenoxy) is 1. The summed E-state index contributed by atoms with van der Waals surface area (Å²) < 4.78 is 20.8. The largest absolute Gasteiger partial charge is 0.562 e. The van der Waals surface area contributed by atoms with E-state index in [-0.39, 0.29) is 6.10 Å². The smallest absolute Gasteiger partial charge is 0.408 e. The molecule has 0 aliphatic rings. The highest BCUT2D eigenvalue weighted by Crippen LogP contribution is 2.32. The van der Waals surface area contributed by atoms with E-state index in [2.05, 4.69) is 4.74 Å². The summed E-state index contributed by atoms with van der Waals surface area (Å²) in [5.41, 5.74) is 0. The van der Waals surface area contributed by atoms with Crippen molar-refractivity contribution in [2.24, 2.45) is 0 Å². The molecule has 0 amide bonds. The summed E-state index contributed by atoms with van der Waals surface area (Å²) in [7, 11) is -2.30. The zero-order valence-corrected chi connectivity index (χ0v) is 9.54. The second-order valence-electron chi connectivity index (χ2n) is 3.01. The van der Waals surface area contributed by atoms with Crippen LogP contribution < -0.4 is 0 Å². The van der Waals surface area contributed by atoms with Gasteiger partial charge >= 0.3 is 19.8 Å². The van der Waals surface area contributed by atoms with E-state index in [9.17, 15) is 14.2 Å². The van der Waals surface area contributed by atoms with Crippen molar-refractivity contribution in [3.05, 3.63) is 0 Å². The molecular weight excluding hydrogens is 207 g/mol. The van der Waals surface area contributed by atoms with Crippen LogP contribution in [0, 0.1) is 0 Å². The average molecular weight is 221 g/mol. The molecule has 0 N–H and O–H groups in total. The van der Waals surface area contributed by atoms with Crippen molar-refractivity contribution in [2.45, 2.75) is 39.6 Å². The van der Waals surface area contributed by atoms with Crippen molar-refractivity contribution in [3.8, 4) is 0 Å². The van der Waals surface area contributed by atoms with Gasteiger partial charge in [0.1, 0.15) is 6.10 Å². The van der Waals surface area contributed by atoms with Crippen LogP contribution in [0.3, 0.4) is 0 Å². The van der Waals surface area contributed by atoms with E-state index < -0.39 is 25.6 Å². The number of hydrogen-bond acceptors (Lipinski definition) is 5. The fourth-order valence-electron chi connectivity index (χ4n) is 0.695. The van der Waals surface area contributed by atoms with E-state index in [0.29, 0.717) is 0 Å². The Morgan fingerprint density at radius 3 is 2.00 bits per heavy atom. The molecule has 0 fully saturated rings. The second-order valence-corrected chi connectivity index (χ2v) is 4.26. The molecule has 0 spiro atoms. The van der Waals surface area contributed by atoms with Gasteiger partial charge in [0.2, 0.25) is 5.78 Å². The number of Topliss-reactive ketones (excluding diaryl/α,β-unsaturated/α-hetero) is 1. The molecule has 2 unspecified atom stereocenters. The van der Waals surface area contributed by atoms with Gasteiger partial charge < -0.3 is 4.74 Å². The highest BCUT2D eigenvalue weighted by molar-refractivity contribution is 7.41. The van der Waals surface area contributed by atoms with Crippen LogP contribution in [0.25, 0.3) is 0 Å². The Balaban J connectivity index is 4.41. The van der Waals surface area contributed by atoms with Gasteiger partial charge in [0.05, 0.1) is 0 Å². The normalized spacial score (nSPS) is 13.6. The molecule has 0 saturated heterocycles. The number of ketones is 1. The van der Waals surface area contributed by atoms with Gasteiger partial charge in [-0.3, -0.25) is 9.59 Å². The Kier molecular flexibility index (Phi) is 5.50. The monoisotopic (exact) mass is 221 g/mol. The zero-order valence-electron chi connectivity index (χ0n) is 8.64. The minimum Gasteiger partial charge on any atom is -0.408 e. The van der Waals surface area contributed by atoms with Crippen LogP contribution in [0.4, 0.5) is 0 Å². The predicted octanol–water partition coefficient (Wildman–Crippen LogP) is 1.63. The molecule has 5 nitrogen and oxygen atoms in total. The summed E-state index contributed by atoms with van der Waals surface area (Å²) in [6, 6.07) is 0. The molecule has 0 saturated carbocycles. The molecule has 6 heteroatoms. The average Bonchev–Trinajstić information content (AvgIpc) is 1.97. The Bertz CT molecular complexity index is 248. The van der Waals surface area contributed by atoms with Gasteiger partial charge in [0, 0.05) is 13.8 Å². The summed E-state index contributed by atoms with van der Waals surface area (Å²) in [5.74, 6) is -2.42. The molecule has 0 radical (unpaired) electrons. The van der Waals surface area contributed by atoms with E-state index in [1.165, 1.54) is 6.92 Å². The molecule has 80 valence electrons. The maximum atomic E-state index is 11.4. The first-order valence-electron chi connectivity index (χ1n) is 4.15. The minimum atomic E-state index is -2.30. The van der Waals surface area contributed by atoms with Gasteiger partial charge in [-0.05, 0) is 18.4 Å². The van der Waals surface area contributed by atoms with Crippen LogP contribution in [0.15, 0.2) is 0 Å². The summed E-state index contributed by atoms with van der Waals surface area (Å²) in [4.78, 5) is 21.6. The molecule has 0 rings (SSSR count). The van der Waals surface area contributed by atoms with Crippen molar-refractivity contribution in [1.82, 2.24) is 0 Å². The number of esters is 1. The Labute approximate surface area is 83.6 Å². The molecule has 0 heterocycles. The standard InChI is InChI=1S/C8H14O5P/c1-5(2)13-14(11)8(6(3)9)12-7(4)10/h5,8H,1-4H3/q+1. The van der Waals surface area contributed by atoms with Gasteiger partial charge in [-0.2, -0.15) is 0 Å². The van der Waals surface area contributed by atoms with Crippen molar-refractivity contribution in [3.63, 3.8) is 0 Å². The topological polar surface area (TPSA) is 69.7 Å². The minimum absolute atomic E-state index is 0.281. The third-order valence-corrected chi connectivity index (χ3v) is 2.61. The first kappa shape index (κ1) is 13.2. The third-order valence-electron chi connectivity index (χ3n) is 1.13. The molecule has 14 heavy (non-hydrogen) atoms. The molecule has 0 aromatic carbocycles. The third kappa shape index (κ3) is 5.04. The van der Waals surface area contributed by atoms with E-state index >= 15 is 0 Å². The fraction of sp³-hybridized carbons (Fsp3) is 0.750. The number of carbonyl (C=O) groups is 2. The SMILES string of the molecule is CC(=O)OC(C(C)=O)[P+](=O)OC(C)C. The van der Waals surface area contributed by atoms with Crippen LogP contribution in [0.2, 0.25) is 0 Å². The summed E-state index contributed by atoms with van der Waals surface area (Å²) in [6.45, 7) is 5.70. The fourth-order valence-corrected chi connectivity index (χ4v) is 1.75. The number of rotatable bonds is 5. The number of hydrogen-bond donors (Lipinski definition) is 0. The van der Waals surface area contributed by atoms with E-state index in [4.69, 9.17) is 4.52 Å². The lowest BCUT2D eigenvalue weighted by Crippen LogP contribution is -2.21. The van der Waals surface area contributed by atoms with Crippen molar-refractivity contribution < 1.29 is 23.4 Å². The Morgan fingerprint density at radius 1 is 1.21 bits per heavy atom. The van der Waals surface area contributed by atoms with Gasteiger partial charge in [0.15, 0.2) is 0 Å². The van der Waals surface area contributed by atoms with E-state index in [0.717, 1.165) is 6.92 Å². The van der Waals surface area contributed by atoms with Crippen LogP contribution in [-0.2, 0) is 23.4 Å². The highest BCUT2D eigenvalue weighted by Gasteiger charge is 2.41. The first-order valence-corrected chi connectivity index (χ1v) is 5.40. The van der Waals surface area contributed by atoms with Gasteiger partial charge in [-0.15, -0.1) is 4.52 Å². The summed E-state index contributed by atoms with van der Waals surface area (Å²) in [6.07, 6.45) is -0.281. The van der Waals surface area contributed by atoms with Crippen LogP contribution >= 0.6 is 8.03 Å². The highest BCUT2D eigenvalue weighted by atomic mass is 31.1. The predicted molar refractivity (Wildman–Crippen MR) is 50.1 cm³/mol. The Morgan fingerprint density at radius 2 is 1.71 bits per heavy atom. The second kappa shape index (κ2) is 5.83. The number of carbonyl (C=O) groups excluding carboxylic acids is 2. The van der Waals surface area contributed by atoms with E-state index in [1.54, 1.807) is 13.8 Å². The summed E-state index contributed by atoms with van der Waals surface area (Å²) >= 11 is 0. The van der Waals surface area contributed by atoms with Crippen molar-refractivity contribution in [1.29, 1.82) is 0 Å². The van der Waals surface area contributed by atoms with Crippen LogP contribution in [0.1, 0.15) is 27.7 Å². The molecule has 2 atom stereocenters. The van der Waals surface area contributed by atoms with Gasteiger partial charge in [0.25, 0.3) is 0 Å². The lowest BCUT2D eigenvalue weighted by molar-refractivity contribution is -0.148. The molecule has 0 aliphatic carbocycles. The van der Waals surface area contributed by atoms with Gasteiger partial charge in [-0.1, -0.05) is 0 Å². The molecular formula is C8H14O5P+. The first-order chi connectivity index (χ1) is 6.34. The van der Waals surface area contributed by atoms with Crippen LogP contribution in [-0.4, -0.2) is 23.7 Å². The molecule has 0 aromatic rings. The summed E-state index contributed by atoms with van der Waals surface area (Å²) in [5, 5.41) is 0. The molecule has 0 aliphatic heterocycles. The zero-order chi connectivity index (χ0) is 11.3. The van der Waals surface area contributed by atoms with Crippen molar-refractivity contribution in [2.75, 3.05) is 0 Å². The maximum absolute atomic E-state index is 11.4. The molecule has 0 bridgehead atoms. The van der Waals surface area contributed by atoms with Crippen molar-refractivity contribution >= 4 is 19.8 Å². The molecule has 0 aromatic heterocycles. The van der Waals surface area contributed by atoms with E-state index in [1.807, 2.05) is 0 Å². The lowest BCUT2D eigenvalue weighted by atomic mass is 10.5. The lowest BCUT2D eigenvalue weighted by Gasteiger charge is -2.03. The Hall–Kier alpha value is -0.800. The maximum Gasteiger partial charge on any atom is 0.562 e. The van der Waals surface area contributed by atoms with Gasteiger partial charge in [-0.25, -0.2) is 0 Å².